The van der Waals surface area contributed by atoms with Gasteiger partial charge in [-0.15, -0.1) is 0 Å². The highest BCUT2D eigenvalue weighted by Gasteiger charge is 2.22. The van der Waals surface area contributed by atoms with Gasteiger partial charge in [-0.3, -0.25) is 4.90 Å². The van der Waals surface area contributed by atoms with E-state index in [-0.39, 0.29) is 5.16 Å². The van der Waals surface area contributed by atoms with Gasteiger partial charge in [0.05, 0.1) is 19.9 Å². The van der Waals surface area contributed by atoms with Crippen molar-refractivity contribution in [3.8, 4) is 11.5 Å². The number of aryl methyl sites for hydroxylation is 1. The number of benzene rings is 1. The predicted molar refractivity (Wildman–Crippen MR) is 97.2 cm³/mol. The fraction of sp³-hybridized carbons (Fsp3) is 0.444. The number of rotatable bonds is 5. The molecule has 0 N–H and O–H groups in total. The van der Waals surface area contributed by atoms with Crippen LogP contribution in [0, 0.1) is 6.92 Å². The fourth-order valence-electron chi connectivity index (χ4n) is 3.15. The van der Waals surface area contributed by atoms with Crippen LogP contribution in [0.5, 0.6) is 11.5 Å². The Labute approximate surface area is 153 Å². The molecule has 26 heavy (non-hydrogen) atoms. The molecule has 1 aliphatic rings. The number of sulfone groups is 1. The van der Waals surface area contributed by atoms with Gasteiger partial charge in [0.2, 0.25) is 15.0 Å². The van der Waals surface area contributed by atoms with Crippen molar-refractivity contribution in [1.29, 1.82) is 0 Å². The van der Waals surface area contributed by atoms with Gasteiger partial charge in [0.15, 0.2) is 0 Å². The van der Waals surface area contributed by atoms with Crippen LogP contribution in [0.3, 0.4) is 0 Å². The Bertz CT molecular complexity index is 928. The molecule has 0 radical (unpaired) electrons. The average molecular weight is 377 g/mol. The van der Waals surface area contributed by atoms with E-state index in [2.05, 4.69) is 14.9 Å². The topological polar surface area (TPSA) is 81.6 Å². The third-order valence-corrected chi connectivity index (χ3v) is 5.43. The van der Waals surface area contributed by atoms with E-state index >= 15 is 0 Å². The van der Waals surface area contributed by atoms with Crippen LogP contribution in [0.25, 0.3) is 0 Å². The molecule has 8 heteroatoms. The van der Waals surface area contributed by atoms with Crippen LogP contribution in [-0.4, -0.2) is 50.3 Å². The molecule has 140 valence electrons. The van der Waals surface area contributed by atoms with Gasteiger partial charge < -0.3 is 9.47 Å². The molecule has 3 rings (SSSR count). The molecule has 1 aliphatic heterocycles. The van der Waals surface area contributed by atoms with Crippen molar-refractivity contribution in [3.63, 3.8) is 0 Å². The molecule has 0 atom stereocenters. The summed E-state index contributed by atoms with van der Waals surface area (Å²) in [5.74, 6) is 1.57. The molecule has 2 aromatic rings. The maximum Gasteiger partial charge on any atom is 0.246 e. The molecule has 0 saturated heterocycles. The molecule has 0 amide bonds. The van der Waals surface area contributed by atoms with E-state index in [1.165, 1.54) is 0 Å². The Morgan fingerprint density at radius 2 is 2.00 bits per heavy atom. The van der Waals surface area contributed by atoms with Gasteiger partial charge in [0, 0.05) is 55.7 Å². The van der Waals surface area contributed by atoms with Crippen LogP contribution < -0.4 is 9.47 Å². The largest absolute Gasteiger partial charge is 0.497 e. The van der Waals surface area contributed by atoms with Crippen molar-refractivity contribution in [2.45, 2.75) is 31.6 Å². The van der Waals surface area contributed by atoms with Crippen LogP contribution in [0.4, 0.5) is 0 Å². The molecule has 7 nitrogen and oxygen atoms in total. The Kier molecular flexibility index (Phi) is 5.15. The highest BCUT2D eigenvalue weighted by molar-refractivity contribution is 7.90. The summed E-state index contributed by atoms with van der Waals surface area (Å²) in [7, 11) is -0.0882. The van der Waals surface area contributed by atoms with Gasteiger partial charge in [0.25, 0.3) is 0 Å². The molecule has 0 bridgehead atoms. The van der Waals surface area contributed by atoms with Gasteiger partial charge in [-0.05, 0) is 18.6 Å². The number of ether oxygens (including phenoxy) is 2. The van der Waals surface area contributed by atoms with E-state index < -0.39 is 9.84 Å². The van der Waals surface area contributed by atoms with Crippen molar-refractivity contribution in [2.75, 3.05) is 27.0 Å². The molecule has 0 fully saturated rings. The van der Waals surface area contributed by atoms with Gasteiger partial charge in [-0.2, -0.15) is 0 Å². The Morgan fingerprint density at radius 1 is 1.23 bits per heavy atom. The number of hydrogen-bond acceptors (Lipinski definition) is 7. The third-order valence-electron chi connectivity index (χ3n) is 4.57. The minimum atomic E-state index is -3.38. The van der Waals surface area contributed by atoms with Gasteiger partial charge in [0.1, 0.15) is 11.5 Å². The lowest BCUT2D eigenvalue weighted by Crippen LogP contribution is -2.31. The Morgan fingerprint density at radius 3 is 2.65 bits per heavy atom. The number of hydrogen-bond donors (Lipinski definition) is 0. The van der Waals surface area contributed by atoms with Gasteiger partial charge >= 0.3 is 0 Å². The van der Waals surface area contributed by atoms with E-state index in [1.54, 1.807) is 20.4 Å². The molecular weight excluding hydrogens is 354 g/mol. The highest BCUT2D eigenvalue weighted by atomic mass is 32.2. The second-order valence-electron chi connectivity index (χ2n) is 6.48. The number of aromatic nitrogens is 2. The maximum absolute atomic E-state index is 11.6. The molecule has 1 aromatic carbocycles. The zero-order valence-electron chi connectivity index (χ0n) is 15.4. The molecule has 0 saturated carbocycles. The van der Waals surface area contributed by atoms with Crippen LogP contribution in [0.15, 0.2) is 23.5 Å². The first-order valence-electron chi connectivity index (χ1n) is 8.30. The first-order valence-corrected chi connectivity index (χ1v) is 10.2. The van der Waals surface area contributed by atoms with Gasteiger partial charge in [-0.25, -0.2) is 18.4 Å². The average Bonchev–Trinajstić information content (AvgIpc) is 2.61. The number of methoxy groups -OCH3 is 2. The zero-order chi connectivity index (χ0) is 18.9. The molecule has 2 heterocycles. The lowest BCUT2D eigenvalue weighted by Gasteiger charge is -2.29. The van der Waals surface area contributed by atoms with Crippen molar-refractivity contribution in [3.05, 3.63) is 40.7 Å². The maximum atomic E-state index is 11.6. The van der Waals surface area contributed by atoms with Crippen LogP contribution in [0.1, 0.15) is 22.4 Å². The molecule has 0 spiro atoms. The highest BCUT2D eigenvalue weighted by Crippen LogP contribution is 2.30. The monoisotopic (exact) mass is 377 g/mol. The summed E-state index contributed by atoms with van der Waals surface area (Å²) in [6.07, 6.45) is 3.45. The summed E-state index contributed by atoms with van der Waals surface area (Å²) in [5.41, 5.74) is 4.00. The molecular formula is C18H23N3O4S. The lowest BCUT2D eigenvalue weighted by molar-refractivity contribution is 0.237. The van der Waals surface area contributed by atoms with E-state index in [4.69, 9.17) is 9.47 Å². The first kappa shape index (κ1) is 18.6. The Hall–Kier alpha value is -2.19. The summed E-state index contributed by atoms with van der Waals surface area (Å²) >= 11 is 0. The second-order valence-corrected chi connectivity index (χ2v) is 8.39. The molecule has 0 aliphatic carbocycles. The normalized spacial score (nSPS) is 14.8. The smallest absolute Gasteiger partial charge is 0.246 e. The summed E-state index contributed by atoms with van der Waals surface area (Å²) < 4.78 is 34.1. The summed E-state index contributed by atoms with van der Waals surface area (Å²) in [6.45, 7) is 4.24. The lowest BCUT2D eigenvalue weighted by atomic mass is 10.0. The van der Waals surface area contributed by atoms with E-state index in [0.717, 1.165) is 53.2 Å². The quantitative estimate of drug-likeness (QED) is 0.735. The van der Waals surface area contributed by atoms with Crippen molar-refractivity contribution >= 4 is 9.84 Å². The van der Waals surface area contributed by atoms with E-state index in [9.17, 15) is 8.42 Å². The standard InChI is InChI=1S/C18H23N3O4S/c1-12-7-14(24-2)8-17(25-3)15(12)11-21-6-5-16-13(10-21)9-19-18(20-16)26(4,22)23/h7-9H,5-6,10-11H2,1-4H3. The van der Waals surface area contributed by atoms with Gasteiger partial charge in [-0.1, -0.05) is 0 Å². The third kappa shape index (κ3) is 3.81. The minimum absolute atomic E-state index is 0.0997. The molecule has 0 unspecified atom stereocenters. The van der Waals surface area contributed by atoms with Crippen LogP contribution in [0.2, 0.25) is 0 Å². The summed E-state index contributed by atoms with van der Waals surface area (Å²) in [5, 5.41) is -0.0997. The summed E-state index contributed by atoms with van der Waals surface area (Å²) in [4.78, 5) is 10.5. The predicted octanol–water partition coefficient (Wildman–Crippen LogP) is 1.76. The number of nitrogens with zero attached hydrogens (tertiary/aromatic N) is 3. The Balaban J connectivity index is 1.82. The second kappa shape index (κ2) is 7.20. The van der Waals surface area contributed by atoms with Crippen molar-refractivity contribution < 1.29 is 17.9 Å². The first-order chi connectivity index (χ1) is 12.3. The zero-order valence-corrected chi connectivity index (χ0v) is 16.3. The van der Waals surface area contributed by atoms with Crippen LogP contribution in [-0.2, 0) is 29.3 Å². The fourth-order valence-corrected chi connectivity index (χ4v) is 3.67. The summed E-state index contributed by atoms with van der Waals surface area (Å²) in [6, 6.07) is 3.89. The minimum Gasteiger partial charge on any atom is -0.497 e. The van der Waals surface area contributed by atoms with Crippen molar-refractivity contribution in [2.24, 2.45) is 0 Å². The van der Waals surface area contributed by atoms with Crippen molar-refractivity contribution in [1.82, 2.24) is 14.9 Å². The SMILES string of the molecule is COc1cc(C)c(CN2CCc3nc(S(C)(=O)=O)ncc3C2)c(OC)c1. The number of fused-ring (bicyclic) bond motifs is 1. The van der Waals surface area contributed by atoms with E-state index in [0.29, 0.717) is 13.0 Å². The van der Waals surface area contributed by atoms with Crippen LogP contribution >= 0.6 is 0 Å². The molecule has 1 aromatic heterocycles. The van der Waals surface area contributed by atoms with E-state index in [1.807, 2.05) is 19.1 Å².